The molecule has 6 nitrogen and oxygen atoms in total. The van der Waals surface area contributed by atoms with Crippen molar-refractivity contribution >= 4 is 23.6 Å². The summed E-state index contributed by atoms with van der Waals surface area (Å²) in [6, 6.07) is 17.4. The summed E-state index contributed by atoms with van der Waals surface area (Å²) in [6.07, 6.45) is 0. The number of nitrogens with one attached hydrogen (secondary N) is 2. The Balaban J connectivity index is 1.96. The molecule has 0 spiro atoms. The second-order valence-corrected chi connectivity index (χ2v) is 6.61. The number of nitrogens with zero attached hydrogens (tertiary/aromatic N) is 1. The molecule has 0 heterocycles. The Morgan fingerprint density at radius 2 is 1.77 bits per heavy atom. The number of nitriles is 1. The summed E-state index contributed by atoms with van der Waals surface area (Å²) in [5.74, 6) is 0.0659. The van der Waals surface area contributed by atoms with Gasteiger partial charge in [0.25, 0.3) is 5.91 Å². The van der Waals surface area contributed by atoms with Gasteiger partial charge in [-0.1, -0.05) is 30.3 Å². The molecule has 2 aromatic carbocycles. The third-order valence-corrected chi connectivity index (χ3v) is 4.79. The van der Waals surface area contributed by atoms with Gasteiger partial charge >= 0.3 is 0 Å². The number of aromatic hydroxyl groups is 1. The zero-order valence-corrected chi connectivity index (χ0v) is 14.8. The van der Waals surface area contributed by atoms with Crippen molar-refractivity contribution in [3.8, 4) is 11.8 Å². The molecule has 0 radical (unpaired) electrons. The van der Waals surface area contributed by atoms with Crippen molar-refractivity contribution in [1.29, 1.82) is 5.26 Å². The van der Waals surface area contributed by atoms with E-state index in [4.69, 9.17) is 5.26 Å². The maximum absolute atomic E-state index is 12.2. The highest BCUT2D eigenvalue weighted by Gasteiger charge is 2.20. The molecule has 0 aliphatic heterocycles. The number of phenols is 1. The number of rotatable bonds is 8. The number of amides is 2. The zero-order chi connectivity index (χ0) is 18.8. The molecule has 0 saturated carbocycles. The number of thioether (sulfide) groups is 1. The maximum atomic E-state index is 12.2. The van der Waals surface area contributed by atoms with Crippen LogP contribution in [0.3, 0.4) is 0 Å². The summed E-state index contributed by atoms with van der Waals surface area (Å²) in [4.78, 5) is 24.4. The van der Waals surface area contributed by atoms with Crippen molar-refractivity contribution < 1.29 is 14.7 Å². The lowest BCUT2D eigenvalue weighted by atomic mass is 10.2. The average Bonchev–Trinajstić information content (AvgIpc) is 2.67. The summed E-state index contributed by atoms with van der Waals surface area (Å²) in [5, 5.41) is 22.6. The molecular weight excluding hydrogens is 350 g/mol. The van der Waals surface area contributed by atoms with Gasteiger partial charge in [-0.2, -0.15) is 5.26 Å². The molecule has 2 rings (SSSR count). The second kappa shape index (κ2) is 10.1. The summed E-state index contributed by atoms with van der Waals surface area (Å²) in [7, 11) is 0. The normalized spacial score (nSPS) is 11.2. The lowest BCUT2D eigenvalue weighted by Crippen LogP contribution is -2.41. The predicted octanol–water partition coefficient (Wildman–Crippen LogP) is 2.06. The van der Waals surface area contributed by atoms with E-state index in [1.54, 1.807) is 0 Å². The molecule has 26 heavy (non-hydrogen) atoms. The number of phenolic OH excluding ortho intramolecular Hbond substituents is 1. The van der Waals surface area contributed by atoms with E-state index in [2.05, 4.69) is 10.6 Å². The minimum absolute atomic E-state index is 0.0763. The summed E-state index contributed by atoms with van der Waals surface area (Å²) in [6.45, 7) is 0.0572. The Morgan fingerprint density at radius 3 is 2.42 bits per heavy atom. The fraction of sp³-hybridized carbons (Fsp3) is 0.211. The highest BCUT2D eigenvalue weighted by atomic mass is 32.2. The summed E-state index contributed by atoms with van der Waals surface area (Å²) in [5.41, 5.74) is 1.47. The standard InChI is InChI=1S/C19H19N3O3S/c20-10-11-21-19(25)17(26-13-14-4-2-1-3-5-14)12-22-18(24)15-6-8-16(23)9-7-15/h1-9,17,23H,11-13H2,(H,21,25)(H,22,24). The minimum atomic E-state index is -0.523. The zero-order valence-electron chi connectivity index (χ0n) is 14.0. The van der Waals surface area contributed by atoms with Crippen molar-refractivity contribution in [2.75, 3.05) is 13.1 Å². The minimum Gasteiger partial charge on any atom is -0.508 e. The van der Waals surface area contributed by atoms with Crippen LogP contribution in [0.2, 0.25) is 0 Å². The van der Waals surface area contributed by atoms with Gasteiger partial charge in [-0.25, -0.2) is 0 Å². The van der Waals surface area contributed by atoms with Crippen molar-refractivity contribution in [3.05, 3.63) is 65.7 Å². The van der Waals surface area contributed by atoms with Crippen LogP contribution in [0, 0.1) is 11.3 Å². The van der Waals surface area contributed by atoms with Crippen LogP contribution in [-0.4, -0.2) is 35.3 Å². The molecule has 1 unspecified atom stereocenters. The molecule has 134 valence electrons. The molecule has 1 atom stereocenters. The van der Waals surface area contributed by atoms with Gasteiger partial charge in [0.2, 0.25) is 5.91 Å². The second-order valence-electron chi connectivity index (χ2n) is 5.42. The van der Waals surface area contributed by atoms with E-state index >= 15 is 0 Å². The number of hydrogen-bond donors (Lipinski definition) is 3. The monoisotopic (exact) mass is 369 g/mol. The first kappa shape index (κ1) is 19.3. The molecule has 0 fully saturated rings. The van der Waals surface area contributed by atoms with Gasteiger partial charge in [0, 0.05) is 17.9 Å². The molecule has 0 bridgehead atoms. The van der Waals surface area contributed by atoms with Crippen molar-refractivity contribution in [2.24, 2.45) is 0 Å². The van der Waals surface area contributed by atoms with Crippen LogP contribution in [0.5, 0.6) is 5.75 Å². The number of hydrogen-bond acceptors (Lipinski definition) is 5. The van der Waals surface area contributed by atoms with Crippen LogP contribution in [-0.2, 0) is 10.5 Å². The number of carbonyl (C=O) groups excluding carboxylic acids is 2. The summed E-state index contributed by atoms with van der Waals surface area (Å²) < 4.78 is 0. The fourth-order valence-electron chi connectivity index (χ4n) is 2.14. The number of benzene rings is 2. The van der Waals surface area contributed by atoms with E-state index in [-0.39, 0.29) is 30.7 Å². The van der Waals surface area contributed by atoms with Gasteiger partial charge in [0.15, 0.2) is 0 Å². The van der Waals surface area contributed by atoms with Crippen molar-refractivity contribution in [2.45, 2.75) is 11.0 Å². The smallest absolute Gasteiger partial charge is 0.251 e. The third-order valence-electron chi connectivity index (χ3n) is 3.51. The highest BCUT2D eigenvalue weighted by Crippen LogP contribution is 2.18. The molecule has 0 aromatic heterocycles. The first-order valence-corrected chi connectivity index (χ1v) is 9.02. The largest absolute Gasteiger partial charge is 0.508 e. The van der Waals surface area contributed by atoms with Gasteiger partial charge < -0.3 is 15.7 Å². The Kier molecular flexibility index (Phi) is 7.52. The van der Waals surface area contributed by atoms with Crippen LogP contribution >= 0.6 is 11.8 Å². The number of carbonyl (C=O) groups is 2. The van der Waals surface area contributed by atoms with Crippen molar-refractivity contribution in [1.82, 2.24) is 10.6 Å². The van der Waals surface area contributed by atoms with Crippen LogP contribution in [0.25, 0.3) is 0 Å². The van der Waals surface area contributed by atoms with Gasteiger partial charge in [-0.05, 0) is 29.8 Å². The first-order valence-electron chi connectivity index (χ1n) is 7.97. The fourth-order valence-corrected chi connectivity index (χ4v) is 3.16. The van der Waals surface area contributed by atoms with Crippen molar-refractivity contribution in [3.63, 3.8) is 0 Å². The van der Waals surface area contributed by atoms with Gasteiger partial charge in [-0.15, -0.1) is 11.8 Å². The molecule has 3 N–H and O–H groups in total. The van der Waals surface area contributed by atoms with Crippen LogP contribution in [0.15, 0.2) is 54.6 Å². The maximum Gasteiger partial charge on any atom is 0.251 e. The van der Waals surface area contributed by atoms with E-state index in [1.165, 1.54) is 36.0 Å². The van der Waals surface area contributed by atoms with E-state index < -0.39 is 5.25 Å². The van der Waals surface area contributed by atoms with Gasteiger partial charge in [0.1, 0.15) is 17.5 Å². The Hall–Kier alpha value is -2.98. The van der Waals surface area contributed by atoms with Crippen LogP contribution in [0.4, 0.5) is 0 Å². The Labute approximate surface area is 156 Å². The van der Waals surface area contributed by atoms with E-state index in [0.29, 0.717) is 11.3 Å². The molecule has 0 saturated heterocycles. The molecular formula is C19H19N3O3S. The molecule has 0 aliphatic carbocycles. The summed E-state index contributed by atoms with van der Waals surface area (Å²) >= 11 is 1.40. The SMILES string of the molecule is N#CCNC(=O)C(CNC(=O)c1ccc(O)cc1)SCc1ccccc1. The predicted molar refractivity (Wildman–Crippen MR) is 101 cm³/mol. The van der Waals surface area contributed by atoms with E-state index in [9.17, 15) is 14.7 Å². The Bertz CT molecular complexity index is 773. The third kappa shape index (κ3) is 6.15. The lowest BCUT2D eigenvalue weighted by Gasteiger charge is -2.16. The van der Waals surface area contributed by atoms with E-state index in [1.807, 2.05) is 36.4 Å². The quantitative estimate of drug-likeness (QED) is 0.618. The molecule has 7 heteroatoms. The molecule has 2 amide bonds. The lowest BCUT2D eigenvalue weighted by molar-refractivity contribution is -0.120. The van der Waals surface area contributed by atoms with Crippen LogP contribution in [0.1, 0.15) is 15.9 Å². The first-order chi connectivity index (χ1) is 12.6. The topological polar surface area (TPSA) is 102 Å². The molecule has 2 aromatic rings. The Morgan fingerprint density at radius 1 is 1.08 bits per heavy atom. The average molecular weight is 369 g/mol. The van der Waals surface area contributed by atoms with Gasteiger partial charge in [0.05, 0.1) is 6.07 Å². The molecule has 0 aliphatic rings. The van der Waals surface area contributed by atoms with E-state index in [0.717, 1.165) is 5.56 Å². The highest BCUT2D eigenvalue weighted by molar-refractivity contribution is 7.99. The van der Waals surface area contributed by atoms with Crippen LogP contribution < -0.4 is 10.6 Å². The van der Waals surface area contributed by atoms with Gasteiger partial charge in [-0.3, -0.25) is 9.59 Å².